The molecule has 0 bridgehead atoms. The summed E-state index contributed by atoms with van der Waals surface area (Å²) < 4.78 is 15.8. The van der Waals surface area contributed by atoms with Crippen molar-refractivity contribution in [2.24, 2.45) is 0 Å². The van der Waals surface area contributed by atoms with E-state index in [2.05, 4.69) is 5.32 Å². The van der Waals surface area contributed by atoms with Gasteiger partial charge in [-0.05, 0) is 26.8 Å². The molecule has 0 aliphatic rings. The summed E-state index contributed by atoms with van der Waals surface area (Å²) in [5, 5.41) is 14.2. The minimum absolute atomic E-state index is 0.0210. The number of phenolic OH excluding ortho intramolecular Hbond substituents is 1. The van der Waals surface area contributed by atoms with E-state index in [1.165, 1.54) is 6.26 Å². The van der Waals surface area contributed by atoms with E-state index < -0.39 is 17.7 Å². The second-order valence-electron chi connectivity index (χ2n) is 6.72. The summed E-state index contributed by atoms with van der Waals surface area (Å²) in [6.45, 7) is 4.82. The zero-order valence-electron chi connectivity index (χ0n) is 14.7. The van der Waals surface area contributed by atoms with Crippen LogP contribution >= 0.6 is 0 Å². The van der Waals surface area contributed by atoms with Crippen LogP contribution in [0, 0.1) is 0 Å². The summed E-state index contributed by atoms with van der Waals surface area (Å²) in [4.78, 5) is 23.8. The van der Waals surface area contributed by atoms with Gasteiger partial charge in [-0.1, -0.05) is 24.3 Å². The molecule has 7 nitrogen and oxygen atoms in total. The van der Waals surface area contributed by atoms with Gasteiger partial charge in [0.25, 0.3) is 0 Å². The number of fused-ring (bicyclic) bond motifs is 2. The number of hydrogen-bond acceptors (Lipinski definition) is 6. The lowest BCUT2D eigenvalue weighted by molar-refractivity contribution is -0.133. The van der Waals surface area contributed by atoms with Crippen molar-refractivity contribution in [3.05, 3.63) is 36.6 Å². The summed E-state index contributed by atoms with van der Waals surface area (Å²) >= 11 is 0. The van der Waals surface area contributed by atoms with Crippen LogP contribution in [0.2, 0.25) is 0 Å². The monoisotopic (exact) mass is 357 g/mol. The first kappa shape index (κ1) is 17.6. The molecule has 0 radical (unpaired) electrons. The number of alkyl carbamates (subject to hydrolysis) is 1. The Morgan fingerprint density at radius 1 is 1.12 bits per heavy atom. The summed E-state index contributed by atoms with van der Waals surface area (Å²) in [7, 11) is 0. The Hall–Kier alpha value is -3.22. The number of amides is 1. The lowest BCUT2D eigenvalue weighted by Gasteiger charge is -2.19. The van der Waals surface area contributed by atoms with Gasteiger partial charge in [0.05, 0.1) is 11.6 Å². The quantitative estimate of drug-likeness (QED) is 0.548. The maximum absolute atomic E-state index is 12.2. The number of rotatable bonds is 3. The first-order valence-electron chi connectivity index (χ1n) is 8.04. The van der Waals surface area contributed by atoms with E-state index in [1.807, 2.05) is 0 Å². The molecule has 0 saturated carbocycles. The third-order valence-electron chi connectivity index (χ3n) is 3.54. The Morgan fingerprint density at radius 3 is 2.50 bits per heavy atom. The molecule has 0 fully saturated rings. The third-order valence-corrected chi connectivity index (χ3v) is 3.54. The van der Waals surface area contributed by atoms with Crippen molar-refractivity contribution < 1.29 is 28.6 Å². The van der Waals surface area contributed by atoms with E-state index in [4.69, 9.17) is 13.9 Å². The number of ether oxygens (including phenoxy) is 2. The highest BCUT2D eigenvalue weighted by molar-refractivity contribution is 6.09. The van der Waals surface area contributed by atoms with Gasteiger partial charge in [0, 0.05) is 10.8 Å². The largest absolute Gasteiger partial charge is 0.504 e. The van der Waals surface area contributed by atoms with E-state index in [0.29, 0.717) is 16.2 Å². The number of carbonyl (C=O) groups is 2. The number of carbonyl (C=O) groups excluding carboxylic acids is 2. The molecule has 1 heterocycles. The Kier molecular flexibility index (Phi) is 4.46. The van der Waals surface area contributed by atoms with Crippen LogP contribution in [0.3, 0.4) is 0 Å². The highest BCUT2D eigenvalue weighted by atomic mass is 16.6. The molecule has 0 atom stereocenters. The summed E-state index contributed by atoms with van der Waals surface area (Å²) in [5.74, 6) is -0.431. The number of benzene rings is 2. The Labute approximate surface area is 149 Å². The van der Waals surface area contributed by atoms with Crippen LogP contribution in [-0.4, -0.2) is 29.3 Å². The topological polar surface area (TPSA) is 98.0 Å². The summed E-state index contributed by atoms with van der Waals surface area (Å²) in [6.07, 6.45) is 0.693. The Balaban J connectivity index is 1.84. The maximum atomic E-state index is 12.2. The number of furan rings is 1. The van der Waals surface area contributed by atoms with Crippen LogP contribution in [-0.2, 0) is 9.53 Å². The van der Waals surface area contributed by atoms with Gasteiger partial charge in [0.1, 0.15) is 17.9 Å². The molecule has 0 saturated heterocycles. The third kappa shape index (κ3) is 3.56. The van der Waals surface area contributed by atoms with Crippen LogP contribution in [0.15, 0.2) is 41.0 Å². The van der Waals surface area contributed by atoms with E-state index in [9.17, 15) is 14.7 Å². The van der Waals surface area contributed by atoms with Crippen molar-refractivity contribution >= 4 is 33.8 Å². The minimum Gasteiger partial charge on any atom is -0.504 e. The van der Waals surface area contributed by atoms with E-state index in [1.54, 1.807) is 51.1 Å². The summed E-state index contributed by atoms with van der Waals surface area (Å²) in [6, 6.07) is 8.55. The molecule has 7 heteroatoms. The normalized spacial score (nSPS) is 11.5. The molecule has 0 unspecified atom stereocenters. The highest BCUT2D eigenvalue weighted by Crippen LogP contribution is 2.42. The molecular weight excluding hydrogens is 338 g/mol. The number of hydrogen-bond donors (Lipinski definition) is 2. The fourth-order valence-electron chi connectivity index (χ4n) is 2.54. The lowest BCUT2D eigenvalue weighted by atomic mass is 10.1. The summed E-state index contributed by atoms with van der Waals surface area (Å²) in [5.41, 5.74) is -0.434. The first-order chi connectivity index (χ1) is 12.3. The SMILES string of the molecule is CC(C)(C)OC(=O)NCC(=O)Oc1c2ccccc2c(O)c2occc12. The molecule has 0 aliphatic heterocycles. The fraction of sp³-hybridized carbons (Fsp3) is 0.263. The van der Waals surface area contributed by atoms with Gasteiger partial charge < -0.3 is 24.3 Å². The van der Waals surface area contributed by atoms with Crippen molar-refractivity contribution in [1.82, 2.24) is 5.32 Å². The minimum atomic E-state index is -0.710. The van der Waals surface area contributed by atoms with Crippen LogP contribution in [0.4, 0.5) is 4.79 Å². The van der Waals surface area contributed by atoms with Gasteiger partial charge in [0.2, 0.25) is 0 Å². The molecule has 26 heavy (non-hydrogen) atoms. The fourth-order valence-corrected chi connectivity index (χ4v) is 2.54. The molecule has 0 aliphatic carbocycles. The molecule has 1 amide bonds. The Bertz CT molecular complexity index is 983. The number of aromatic hydroxyl groups is 1. The van der Waals surface area contributed by atoms with Gasteiger partial charge in [-0.25, -0.2) is 9.59 Å². The average molecular weight is 357 g/mol. The standard InChI is InChI=1S/C19H19NO6/c1-19(2,3)26-18(23)20-10-14(21)25-16-12-7-5-4-6-11(12)15(22)17-13(16)8-9-24-17/h4-9,22H,10H2,1-3H3,(H,20,23). The van der Waals surface area contributed by atoms with Crippen molar-refractivity contribution in [1.29, 1.82) is 0 Å². The van der Waals surface area contributed by atoms with Crippen molar-refractivity contribution in [3.8, 4) is 11.5 Å². The second-order valence-corrected chi connectivity index (χ2v) is 6.72. The first-order valence-corrected chi connectivity index (χ1v) is 8.04. The van der Waals surface area contributed by atoms with Gasteiger partial charge in [-0.3, -0.25) is 0 Å². The van der Waals surface area contributed by atoms with Crippen LogP contribution in [0.5, 0.6) is 11.5 Å². The molecule has 136 valence electrons. The second kappa shape index (κ2) is 6.59. The zero-order valence-corrected chi connectivity index (χ0v) is 14.7. The molecular formula is C19H19NO6. The van der Waals surface area contributed by atoms with E-state index in [-0.39, 0.29) is 23.6 Å². The highest BCUT2D eigenvalue weighted by Gasteiger charge is 2.20. The van der Waals surface area contributed by atoms with Crippen molar-refractivity contribution in [3.63, 3.8) is 0 Å². The van der Waals surface area contributed by atoms with Crippen molar-refractivity contribution in [2.75, 3.05) is 6.54 Å². The zero-order chi connectivity index (χ0) is 18.9. The van der Waals surface area contributed by atoms with Crippen LogP contribution in [0.1, 0.15) is 20.8 Å². The molecule has 2 N–H and O–H groups in total. The van der Waals surface area contributed by atoms with Crippen molar-refractivity contribution in [2.45, 2.75) is 26.4 Å². The number of phenols is 1. The molecule has 3 rings (SSSR count). The van der Waals surface area contributed by atoms with E-state index in [0.717, 1.165) is 0 Å². The number of nitrogens with one attached hydrogen (secondary N) is 1. The molecule has 0 spiro atoms. The predicted octanol–water partition coefficient (Wildman–Crippen LogP) is 3.72. The molecule has 3 aromatic rings. The van der Waals surface area contributed by atoms with E-state index >= 15 is 0 Å². The molecule has 1 aromatic heterocycles. The molecule has 2 aromatic carbocycles. The van der Waals surface area contributed by atoms with Gasteiger partial charge in [-0.15, -0.1) is 0 Å². The maximum Gasteiger partial charge on any atom is 0.408 e. The van der Waals surface area contributed by atoms with Gasteiger partial charge >= 0.3 is 12.1 Å². The van der Waals surface area contributed by atoms with Crippen LogP contribution < -0.4 is 10.1 Å². The number of esters is 1. The van der Waals surface area contributed by atoms with Gasteiger partial charge in [-0.2, -0.15) is 0 Å². The van der Waals surface area contributed by atoms with Gasteiger partial charge in [0.15, 0.2) is 11.3 Å². The Morgan fingerprint density at radius 2 is 1.81 bits per heavy atom. The average Bonchev–Trinajstić information content (AvgIpc) is 3.05. The lowest BCUT2D eigenvalue weighted by Crippen LogP contribution is -2.36. The van der Waals surface area contributed by atoms with Crippen LogP contribution in [0.25, 0.3) is 21.7 Å². The predicted molar refractivity (Wildman–Crippen MR) is 95.3 cm³/mol. The smallest absolute Gasteiger partial charge is 0.408 e.